The van der Waals surface area contributed by atoms with Crippen molar-refractivity contribution >= 4 is 15.9 Å². The number of furan rings is 1. The Balaban J connectivity index is 1.83. The number of benzene rings is 1. The Bertz CT molecular complexity index is 534. The summed E-state index contributed by atoms with van der Waals surface area (Å²) in [7, 11) is 0. The lowest BCUT2D eigenvalue weighted by atomic mass is 10.2. The van der Waals surface area contributed by atoms with E-state index in [0.29, 0.717) is 13.2 Å². The SMILES string of the molecule is CCNCc1cc(COCc2ccc(Br)cc2)oc1C. The molecule has 1 aromatic carbocycles. The second-order valence-electron chi connectivity index (χ2n) is 4.69. The predicted octanol–water partition coefficient (Wildman–Crippen LogP) is 4.18. The van der Waals surface area contributed by atoms with Crippen molar-refractivity contribution < 1.29 is 9.15 Å². The Morgan fingerprint density at radius 1 is 1.20 bits per heavy atom. The number of halogens is 1. The second kappa shape index (κ2) is 7.62. The Morgan fingerprint density at radius 2 is 1.95 bits per heavy atom. The molecule has 4 heteroatoms. The highest BCUT2D eigenvalue weighted by Crippen LogP contribution is 2.16. The first kappa shape index (κ1) is 15.3. The van der Waals surface area contributed by atoms with Gasteiger partial charge < -0.3 is 14.5 Å². The van der Waals surface area contributed by atoms with E-state index in [2.05, 4.69) is 34.2 Å². The molecule has 0 aliphatic rings. The van der Waals surface area contributed by atoms with Crippen LogP contribution in [0.5, 0.6) is 0 Å². The Morgan fingerprint density at radius 3 is 2.65 bits per heavy atom. The molecule has 1 aromatic heterocycles. The molecule has 0 saturated carbocycles. The number of hydrogen-bond donors (Lipinski definition) is 1. The quantitative estimate of drug-likeness (QED) is 0.823. The first-order valence-electron chi connectivity index (χ1n) is 6.80. The molecule has 20 heavy (non-hydrogen) atoms. The lowest BCUT2D eigenvalue weighted by Crippen LogP contribution is -2.11. The molecule has 3 nitrogen and oxygen atoms in total. The molecule has 0 radical (unpaired) electrons. The van der Waals surface area contributed by atoms with E-state index in [4.69, 9.17) is 9.15 Å². The van der Waals surface area contributed by atoms with Crippen molar-refractivity contribution in [3.05, 3.63) is 57.5 Å². The van der Waals surface area contributed by atoms with Gasteiger partial charge in [-0.3, -0.25) is 0 Å². The van der Waals surface area contributed by atoms with Crippen molar-refractivity contribution in [3.63, 3.8) is 0 Å². The van der Waals surface area contributed by atoms with Gasteiger partial charge >= 0.3 is 0 Å². The zero-order valence-corrected chi connectivity index (χ0v) is 13.5. The largest absolute Gasteiger partial charge is 0.464 e. The maximum atomic E-state index is 5.70. The standard InChI is InChI=1S/C16H20BrNO2/c1-3-18-9-14-8-16(20-12(14)2)11-19-10-13-4-6-15(17)7-5-13/h4-8,18H,3,9-11H2,1-2H3. The highest BCUT2D eigenvalue weighted by atomic mass is 79.9. The summed E-state index contributed by atoms with van der Waals surface area (Å²) in [4.78, 5) is 0. The lowest BCUT2D eigenvalue weighted by molar-refractivity contribution is 0.0923. The van der Waals surface area contributed by atoms with Gasteiger partial charge in [-0.25, -0.2) is 0 Å². The fourth-order valence-electron chi connectivity index (χ4n) is 1.94. The van der Waals surface area contributed by atoms with Crippen LogP contribution in [0.1, 0.15) is 29.6 Å². The molecule has 0 amide bonds. The molecule has 0 bridgehead atoms. The molecule has 2 rings (SSSR count). The fourth-order valence-corrected chi connectivity index (χ4v) is 2.21. The van der Waals surface area contributed by atoms with Crippen LogP contribution in [0.15, 0.2) is 39.2 Å². The third kappa shape index (κ3) is 4.47. The van der Waals surface area contributed by atoms with Gasteiger partial charge in [0.2, 0.25) is 0 Å². The van der Waals surface area contributed by atoms with Gasteiger partial charge in [0, 0.05) is 16.6 Å². The van der Waals surface area contributed by atoms with E-state index in [-0.39, 0.29) is 0 Å². The van der Waals surface area contributed by atoms with E-state index in [1.54, 1.807) is 0 Å². The lowest BCUT2D eigenvalue weighted by Gasteiger charge is -2.02. The Hall–Kier alpha value is -1.10. The topological polar surface area (TPSA) is 34.4 Å². The van der Waals surface area contributed by atoms with Crippen molar-refractivity contribution in [2.24, 2.45) is 0 Å². The molecule has 1 heterocycles. The van der Waals surface area contributed by atoms with Crippen molar-refractivity contribution in [1.82, 2.24) is 5.32 Å². The van der Waals surface area contributed by atoms with Gasteiger partial charge in [-0.2, -0.15) is 0 Å². The summed E-state index contributed by atoms with van der Waals surface area (Å²) in [6, 6.07) is 10.2. The predicted molar refractivity (Wildman–Crippen MR) is 83.5 cm³/mol. The van der Waals surface area contributed by atoms with Gasteiger partial charge in [-0.05, 0) is 37.2 Å². The summed E-state index contributed by atoms with van der Waals surface area (Å²) in [5.74, 6) is 1.85. The van der Waals surface area contributed by atoms with Crippen LogP contribution in [0.2, 0.25) is 0 Å². The molecule has 2 aromatic rings. The summed E-state index contributed by atoms with van der Waals surface area (Å²) in [5, 5.41) is 3.30. The average molecular weight is 338 g/mol. The molecule has 0 unspecified atom stereocenters. The molecule has 108 valence electrons. The fraction of sp³-hybridized carbons (Fsp3) is 0.375. The van der Waals surface area contributed by atoms with Gasteiger partial charge in [0.1, 0.15) is 18.1 Å². The number of aryl methyl sites for hydroxylation is 1. The summed E-state index contributed by atoms with van der Waals surface area (Å²) >= 11 is 3.42. The molecule has 0 atom stereocenters. The Kier molecular flexibility index (Phi) is 5.83. The molecule has 0 aliphatic carbocycles. The van der Waals surface area contributed by atoms with E-state index >= 15 is 0 Å². The molecule has 1 N–H and O–H groups in total. The van der Waals surface area contributed by atoms with Crippen molar-refractivity contribution in [1.29, 1.82) is 0 Å². The van der Waals surface area contributed by atoms with Crippen LogP contribution in [0, 0.1) is 6.92 Å². The summed E-state index contributed by atoms with van der Waals surface area (Å²) < 4.78 is 12.5. The van der Waals surface area contributed by atoms with E-state index in [1.165, 1.54) is 5.56 Å². The van der Waals surface area contributed by atoms with E-state index in [9.17, 15) is 0 Å². The van der Waals surface area contributed by atoms with Gasteiger partial charge in [-0.1, -0.05) is 35.0 Å². The van der Waals surface area contributed by atoms with Crippen LogP contribution in [0.3, 0.4) is 0 Å². The van der Waals surface area contributed by atoms with Crippen molar-refractivity contribution in [2.75, 3.05) is 6.54 Å². The van der Waals surface area contributed by atoms with Crippen LogP contribution >= 0.6 is 15.9 Å². The van der Waals surface area contributed by atoms with Gasteiger partial charge in [0.15, 0.2) is 0 Å². The minimum atomic E-state index is 0.503. The normalized spacial score (nSPS) is 10.9. The van der Waals surface area contributed by atoms with Gasteiger partial charge in [0.25, 0.3) is 0 Å². The molecular weight excluding hydrogens is 318 g/mol. The summed E-state index contributed by atoms with van der Waals surface area (Å²) in [5.41, 5.74) is 2.36. The number of ether oxygens (including phenoxy) is 1. The zero-order chi connectivity index (χ0) is 14.4. The van der Waals surface area contributed by atoms with Crippen LogP contribution in [-0.4, -0.2) is 6.54 Å². The maximum Gasteiger partial charge on any atom is 0.130 e. The first-order chi connectivity index (χ1) is 9.69. The maximum absolute atomic E-state index is 5.70. The van der Waals surface area contributed by atoms with Crippen molar-refractivity contribution in [3.8, 4) is 0 Å². The molecule has 0 fully saturated rings. The highest BCUT2D eigenvalue weighted by Gasteiger charge is 2.07. The van der Waals surface area contributed by atoms with E-state index < -0.39 is 0 Å². The van der Waals surface area contributed by atoms with Gasteiger partial charge in [-0.15, -0.1) is 0 Å². The number of nitrogens with one attached hydrogen (secondary N) is 1. The third-order valence-corrected chi connectivity index (χ3v) is 3.59. The summed E-state index contributed by atoms with van der Waals surface area (Å²) in [6.45, 7) is 6.99. The monoisotopic (exact) mass is 337 g/mol. The third-order valence-electron chi connectivity index (χ3n) is 3.06. The van der Waals surface area contributed by atoms with Crippen LogP contribution in [0.25, 0.3) is 0 Å². The highest BCUT2D eigenvalue weighted by molar-refractivity contribution is 9.10. The minimum Gasteiger partial charge on any atom is -0.464 e. The number of rotatable bonds is 7. The average Bonchev–Trinajstić information content (AvgIpc) is 2.79. The molecule has 0 spiro atoms. The van der Waals surface area contributed by atoms with E-state index in [0.717, 1.165) is 34.6 Å². The minimum absolute atomic E-state index is 0.503. The zero-order valence-electron chi connectivity index (χ0n) is 11.9. The molecule has 0 saturated heterocycles. The van der Waals surface area contributed by atoms with E-state index in [1.807, 2.05) is 31.2 Å². The van der Waals surface area contributed by atoms with Crippen LogP contribution < -0.4 is 5.32 Å². The van der Waals surface area contributed by atoms with Crippen molar-refractivity contribution in [2.45, 2.75) is 33.6 Å². The Labute approximate surface area is 128 Å². The summed E-state index contributed by atoms with van der Waals surface area (Å²) in [6.07, 6.45) is 0. The van der Waals surface area contributed by atoms with Gasteiger partial charge in [0.05, 0.1) is 6.61 Å². The first-order valence-corrected chi connectivity index (χ1v) is 7.59. The van der Waals surface area contributed by atoms with Crippen LogP contribution in [0.4, 0.5) is 0 Å². The number of hydrogen-bond acceptors (Lipinski definition) is 3. The molecular formula is C16H20BrNO2. The smallest absolute Gasteiger partial charge is 0.130 e. The molecule has 0 aliphatic heterocycles. The van der Waals surface area contributed by atoms with Crippen LogP contribution in [-0.2, 0) is 24.5 Å². The second-order valence-corrected chi connectivity index (χ2v) is 5.61.